The van der Waals surface area contributed by atoms with Crippen LogP contribution in [0.5, 0.6) is 0 Å². The average molecular weight is 985 g/mol. The van der Waals surface area contributed by atoms with Crippen molar-refractivity contribution in [3.8, 4) is 11.1 Å². The van der Waals surface area contributed by atoms with Gasteiger partial charge in [-0.05, 0) is 164 Å². The van der Waals surface area contributed by atoms with Gasteiger partial charge in [-0.25, -0.2) is 0 Å². The Hall–Kier alpha value is -7.00. The molecule has 0 atom stereocenters. The molecule has 2 aliphatic carbocycles. The summed E-state index contributed by atoms with van der Waals surface area (Å²) in [5, 5.41) is 4.83. The largest absolute Gasteiger partial charge is 0.305 e. The third kappa shape index (κ3) is 6.90. The molecule has 4 aromatic carbocycles. The van der Waals surface area contributed by atoms with Crippen LogP contribution in [0, 0.1) is 13.8 Å². The Morgan fingerprint density at radius 1 is 0.379 bits per heavy atom. The SMILES string of the molecule is Brc1cnccc1-c1ccncc1Br.CC1=C(C2=C(C)c3ccccc3C2)Cc2ccccc21.Cc1c2ccccc2n2c3cnccc3c3ccncc3n3c4ccccc4c(C)c3c12. The zero-order chi connectivity index (χ0) is 45.1. The number of hydrogen-bond donors (Lipinski definition) is 0. The van der Waals surface area contributed by atoms with E-state index in [1.54, 1.807) is 35.9 Å². The maximum absolute atomic E-state index is 4.54. The predicted molar refractivity (Wildman–Crippen MR) is 281 cm³/mol. The van der Waals surface area contributed by atoms with Crippen LogP contribution in [0.4, 0.5) is 0 Å². The van der Waals surface area contributed by atoms with Crippen LogP contribution in [0.15, 0.2) is 191 Å². The number of aromatic nitrogens is 6. The lowest BCUT2D eigenvalue weighted by atomic mass is 9.97. The van der Waals surface area contributed by atoms with Gasteiger partial charge < -0.3 is 8.80 Å². The normalized spacial score (nSPS) is 13.1. The second-order valence-corrected chi connectivity index (χ2v) is 18.7. The molecule has 66 heavy (non-hydrogen) atoms. The van der Waals surface area contributed by atoms with E-state index in [0.717, 1.165) is 54.7 Å². The summed E-state index contributed by atoms with van der Waals surface area (Å²) in [6, 6.07) is 43.1. The molecule has 0 radical (unpaired) electrons. The van der Waals surface area contributed by atoms with Gasteiger partial charge in [0.15, 0.2) is 0 Å². The standard InChI is InChI=1S/C28H20N4.C20H18.C10H6Br2N2/c1-17-19-7-3-5-9-23(19)31-25-15-29-13-11-21(25)22-12-14-30-16-26(22)32-24-10-6-4-8-20(24)18(2)28(32)27(17)31;1-13-17-9-5-3-7-15(17)11-19(13)20-12-16-8-4-6-10-18(16)14(20)2;11-9-5-13-3-1-7(9)8-2-4-14-6-10(8)12/h3-16H,1-2H3;3-10H,11-12H2,1-2H3;1-6H. The number of para-hydroxylation sites is 2. The number of halogens is 2. The molecule has 0 spiro atoms. The van der Waals surface area contributed by atoms with Crippen LogP contribution in [0.3, 0.4) is 0 Å². The van der Waals surface area contributed by atoms with Crippen molar-refractivity contribution in [2.75, 3.05) is 0 Å². The van der Waals surface area contributed by atoms with Crippen LogP contribution in [0.25, 0.3) is 76.9 Å². The molecular formula is C58H44Br2N6. The highest BCUT2D eigenvalue weighted by Crippen LogP contribution is 2.44. The maximum atomic E-state index is 4.54. The third-order valence-electron chi connectivity index (χ3n) is 13.5. The number of rotatable bonds is 2. The smallest absolute Gasteiger partial charge is 0.0742 e. The van der Waals surface area contributed by atoms with Crippen LogP contribution in [0.1, 0.15) is 47.2 Å². The van der Waals surface area contributed by atoms with Crippen molar-refractivity contribution in [2.24, 2.45) is 0 Å². The van der Waals surface area contributed by atoms with Crippen molar-refractivity contribution >= 4 is 97.7 Å². The highest BCUT2D eigenvalue weighted by Gasteiger charge is 2.26. The minimum absolute atomic E-state index is 0.979. The number of fused-ring (bicyclic) bond motifs is 14. The average Bonchev–Trinajstić information content (AvgIpc) is 4.05. The van der Waals surface area contributed by atoms with Crippen molar-refractivity contribution in [2.45, 2.75) is 40.5 Å². The minimum Gasteiger partial charge on any atom is -0.305 e. The molecule has 0 unspecified atom stereocenters. The Morgan fingerprint density at radius 3 is 1.18 bits per heavy atom. The lowest BCUT2D eigenvalue weighted by molar-refractivity contribution is 1.13. The quantitative estimate of drug-likeness (QED) is 0.173. The number of allylic oxidation sites excluding steroid dienone is 4. The number of nitrogens with zero attached hydrogens (tertiary/aromatic N) is 6. The Balaban J connectivity index is 0.000000121. The molecular weight excluding hydrogens is 940 g/mol. The summed E-state index contributed by atoms with van der Waals surface area (Å²) in [7, 11) is 0. The zero-order valence-corrected chi connectivity index (χ0v) is 40.2. The van der Waals surface area contributed by atoms with Gasteiger partial charge in [0, 0.05) is 78.8 Å². The topological polar surface area (TPSA) is 60.4 Å². The van der Waals surface area contributed by atoms with Gasteiger partial charge in [0.25, 0.3) is 0 Å². The van der Waals surface area contributed by atoms with E-state index < -0.39 is 0 Å². The first-order valence-electron chi connectivity index (χ1n) is 22.2. The van der Waals surface area contributed by atoms with Gasteiger partial charge in [0.05, 0.1) is 45.5 Å². The van der Waals surface area contributed by atoms with E-state index in [2.05, 4.69) is 197 Å². The lowest BCUT2D eigenvalue weighted by Crippen LogP contribution is -1.95. The molecule has 8 heteroatoms. The van der Waals surface area contributed by atoms with Gasteiger partial charge in [-0.1, -0.05) is 84.9 Å². The predicted octanol–water partition coefficient (Wildman–Crippen LogP) is 15.5. The Labute approximate surface area is 400 Å². The number of aryl methyl sites for hydroxylation is 2. The molecule has 0 N–H and O–H groups in total. The molecule has 2 aliphatic rings. The van der Waals surface area contributed by atoms with E-state index >= 15 is 0 Å². The summed E-state index contributed by atoms with van der Waals surface area (Å²) in [6.45, 7) is 9.03. The number of benzene rings is 4. The third-order valence-corrected chi connectivity index (χ3v) is 14.8. The van der Waals surface area contributed by atoms with E-state index in [4.69, 9.17) is 0 Å². The highest BCUT2D eigenvalue weighted by molar-refractivity contribution is 9.11. The summed E-state index contributed by atoms with van der Waals surface area (Å²) >= 11 is 6.93. The molecule has 0 fully saturated rings. The fourth-order valence-electron chi connectivity index (χ4n) is 10.4. The van der Waals surface area contributed by atoms with Crippen LogP contribution >= 0.6 is 31.9 Å². The van der Waals surface area contributed by atoms with Gasteiger partial charge in [-0.15, -0.1) is 0 Å². The van der Waals surface area contributed by atoms with Crippen LogP contribution in [0.2, 0.25) is 0 Å². The molecule has 13 rings (SSSR count). The molecule has 320 valence electrons. The van der Waals surface area contributed by atoms with Gasteiger partial charge in [0.1, 0.15) is 0 Å². The maximum Gasteiger partial charge on any atom is 0.0742 e. The number of hydrogen-bond acceptors (Lipinski definition) is 4. The van der Waals surface area contributed by atoms with Crippen molar-refractivity contribution in [3.05, 3.63) is 224 Å². The van der Waals surface area contributed by atoms with E-state index in [-0.39, 0.29) is 0 Å². The van der Waals surface area contributed by atoms with Gasteiger partial charge >= 0.3 is 0 Å². The second-order valence-electron chi connectivity index (χ2n) is 17.0. The Bertz CT molecular complexity index is 3600. The first-order valence-corrected chi connectivity index (χ1v) is 23.7. The summed E-state index contributed by atoms with van der Waals surface area (Å²) in [6.07, 6.45) is 17.0. The molecule has 0 aliphatic heterocycles. The molecule has 11 aromatic rings. The molecule has 7 heterocycles. The van der Waals surface area contributed by atoms with Gasteiger partial charge in [-0.3, -0.25) is 19.9 Å². The summed E-state index contributed by atoms with van der Waals surface area (Å²) in [5.74, 6) is 0. The summed E-state index contributed by atoms with van der Waals surface area (Å²) in [5.41, 5.74) is 23.7. The van der Waals surface area contributed by atoms with Gasteiger partial charge in [0.2, 0.25) is 0 Å². The lowest BCUT2D eigenvalue weighted by Gasteiger charge is -2.10. The van der Waals surface area contributed by atoms with Crippen molar-refractivity contribution in [1.29, 1.82) is 0 Å². The van der Waals surface area contributed by atoms with E-state index in [0.29, 0.717) is 0 Å². The minimum atomic E-state index is 0.979. The second kappa shape index (κ2) is 17.1. The first-order chi connectivity index (χ1) is 32.3. The molecule has 7 aromatic heterocycles. The highest BCUT2D eigenvalue weighted by atomic mass is 79.9. The van der Waals surface area contributed by atoms with Crippen LogP contribution < -0.4 is 0 Å². The Morgan fingerprint density at radius 2 is 0.758 bits per heavy atom. The summed E-state index contributed by atoms with van der Waals surface area (Å²) < 4.78 is 6.75. The first kappa shape index (κ1) is 41.7. The van der Waals surface area contributed by atoms with Gasteiger partial charge in [-0.2, -0.15) is 0 Å². The molecule has 0 bridgehead atoms. The van der Waals surface area contributed by atoms with Crippen LogP contribution in [-0.2, 0) is 12.8 Å². The molecule has 0 saturated heterocycles. The molecule has 0 amide bonds. The van der Waals surface area contributed by atoms with Crippen molar-refractivity contribution in [3.63, 3.8) is 0 Å². The van der Waals surface area contributed by atoms with E-state index in [9.17, 15) is 0 Å². The summed E-state index contributed by atoms with van der Waals surface area (Å²) in [4.78, 5) is 17.1. The fraction of sp³-hybridized carbons (Fsp3) is 0.103. The zero-order valence-electron chi connectivity index (χ0n) is 37.0. The Kier molecular flexibility index (Phi) is 10.8. The van der Waals surface area contributed by atoms with E-state index in [1.165, 1.54) is 77.4 Å². The van der Waals surface area contributed by atoms with Crippen molar-refractivity contribution < 1.29 is 0 Å². The van der Waals surface area contributed by atoms with Crippen molar-refractivity contribution in [1.82, 2.24) is 28.7 Å². The van der Waals surface area contributed by atoms with Crippen LogP contribution in [-0.4, -0.2) is 28.7 Å². The molecule has 0 saturated carbocycles. The van der Waals surface area contributed by atoms with E-state index in [1.807, 2.05) is 36.9 Å². The number of pyridine rings is 4. The fourth-order valence-corrected chi connectivity index (χ4v) is 11.3. The monoisotopic (exact) mass is 982 g/mol. The molecule has 6 nitrogen and oxygen atoms in total.